The second-order valence-corrected chi connectivity index (χ2v) is 9.92. The molecular weight excluding hydrogens is 421 g/mol. The third-order valence-electron chi connectivity index (χ3n) is 5.42. The topological polar surface area (TPSA) is 79.5 Å². The second kappa shape index (κ2) is 7.93. The van der Waals surface area contributed by atoms with Gasteiger partial charge in [0.05, 0.1) is 17.9 Å². The van der Waals surface area contributed by atoms with Gasteiger partial charge >= 0.3 is 6.18 Å². The minimum absolute atomic E-state index is 0.177. The first kappa shape index (κ1) is 21.3. The molecule has 0 N–H and O–H groups in total. The van der Waals surface area contributed by atoms with Crippen LogP contribution in [0.2, 0.25) is 0 Å². The number of hydrogen-bond donors (Lipinski definition) is 0. The first-order valence-electron chi connectivity index (χ1n) is 9.77. The molecule has 2 aromatic rings. The monoisotopic (exact) mass is 444 g/mol. The predicted molar refractivity (Wildman–Crippen MR) is 102 cm³/mol. The van der Waals surface area contributed by atoms with E-state index in [1.807, 2.05) is 4.90 Å². The molecule has 0 amide bonds. The van der Waals surface area contributed by atoms with Crippen LogP contribution in [-0.2, 0) is 29.2 Å². The molecule has 1 aromatic heterocycles. The summed E-state index contributed by atoms with van der Waals surface area (Å²) in [5.41, 5.74) is 0.0778. The third-order valence-corrected chi connectivity index (χ3v) is 6.76. The van der Waals surface area contributed by atoms with Crippen LogP contribution in [0.1, 0.15) is 41.6 Å². The van der Waals surface area contributed by atoms with Gasteiger partial charge in [0.15, 0.2) is 5.82 Å². The van der Waals surface area contributed by atoms with E-state index < -0.39 is 21.8 Å². The van der Waals surface area contributed by atoms with Gasteiger partial charge in [-0.2, -0.15) is 22.5 Å². The van der Waals surface area contributed by atoms with Crippen LogP contribution in [0.3, 0.4) is 0 Å². The maximum atomic E-state index is 12.7. The fourth-order valence-corrected chi connectivity index (χ4v) is 4.70. The van der Waals surface area contributed by atoms with Gasteiger partial charge in [-0.1, -0.05) is 17.3 Å². The van der Waals surface area contributed by atoms with Gasteiger partial charge in [-0.3, -0.25) is 4.90 Å². The molecule has 1 aromatic carbocycles. The summed E-state index contributed by atoms with van der Waals surface area (Å²) in [6, 6.07) is 4.87. The summed E-state index contributed by atoms with van der Waals surface area (Å²) in [5, 5.41) is 3.93. The Balaban J connectivity index is 1.30. The third kappa shape index (κ3) is 5.01. The molecule has 164 valence electrons. The quantitative estimate of drug-likeness (QED) is 0.623. The highest BCUT2D eigenvalue weighted by atomic mass is 32.2. The number of alkyl halides is 3. The van der Waals surface area contributed by atoms with Gasteiger partial charge in [-0.25, -0.2) is 8.42 Å². The second-order valence-electron chi connectivity index (χ2n) is 7.99. The van der Waals surface area contributed by atoms with Crippen molar-refractivity contribution < 1.29 is 26.1 Å². The molecule has 2 heterocycles. The molecule has 1 saturated heterocycles. The van der Waals surface area contributed by atoms with Gasteiger partial charge in [0.25, 0.3) is 0 Å². The highest BCUT2D eigenvalue weighted by molar-refractivity contribution is 7.88. The highest BCUT2D eigenvalue weighted by Gasteiger charge is 2.37. The normalized spacial score (nSPS) is 18.7. The van der Waals surface area contributed by atoms with Crippen molar-refractivity contribution in [3.05, 3.63) is 47.1 Å². The Morgan fingerprint density at radius 3 is 2.43 bits per heavy atom. The number of rotatable bonds is 8. The van der Waals surface area contributed by atoms with Crippen molar-refractivity contribution in [3.63, 3.8) is 0 Å². The molecule has 7 nitrogen and oxygen atoms in total. The number of likely N-dealkylation sites (tertiary alicyclic amines) is 1. The van der Waals surface area contributed by atoms with Crippen LogP contribution in [0, 0.1) is 0 Å². The largest absolute Gasteiger partial charge is 0.416 e. The lowest BCUT2D eigenvalue weighted by Crippen LogP contribution is -2.60. The molecule has 1 aliphatic carbocycles. The van der Waals surface area contributed by atoms with E-state index in [9.17, 15) is 21.6 Å². The average Bonchev–Trinajstić information content (AvgIpc) is 3.37. The lowest BCUT2D eigenvalue weighted by atomic mass is 10.1. The van der Waals surface area contributed by atoms with Crippen LogP contribution in [0.25, 0.3) is 0 Å². The van der Waals surface area contributed by atoms with E-state index in [0.717, 1.165) is 30.5 Å². The number of sulfonamides is 1. The molecule has 11 heteroatoms. The molecule has 1 saturated carbocycles. The Morgan fingerprint density at radius 2 is 1.87 bits per heavy atom. The van der Waals surface area contributed by atoms with Crippen molar-refractivity contribution in [2.75, 3.05) is 25.9 Å². The maximum Gasteiger partial charge on any atom is 0.416 e. The first-order chi connectivity index (χ1) is 14.1. The zero-order valence-electron chi connectivity index (χ0n) is 16.5. The smallest absolute Gasteiger partial charge is 0.339 e. The Morgan fingerprint density at radius 1 is 1.20 bits per heavy atom. The lowest BCUT2D eigenvalue weighted by molar-refractivity contribution is -0.137. The molecule has 4 rings (SSSR count). The van der Waals surface area contributed by atoms with Crippen molar-refractivity contribution >= 4 is 10.0 Å². The summed E-state index contributed by atoms with van der Waals surface area (Å²) in [6.07, 6.45) is -0.702. The first-order valence-corrected chi connectivity index (χ1v) is 11.6. The van der Waals surface area contributed by atoms with Crippen LogP contribution >= 0.6 is 0 Å². The van der Waals surface area contributed by atoms with Gasteiger partial charge < -0.3 is 4.52 Å². The molecule has 2 aliphatic rings. The summed E-state index contributed by atoms with van der Waals surface area (Å²) in [5.74, 6) is 1.48. The molecule has 30 heavy (non-hydrogen) atoms. The molecular formula is C19H23F3N4O3S. The number of benzene rings is 1. The molecule has 0 atom stereocenters. The Kier molecular flexibility index (Phi) is 5.62. The average molecular weight is 444 g/mol. The summed E-state index contributed by atoms with van der Waals surface area (Å²) >= 11 is 0. The summed E-state index contributed by atoms with van der Waals surface area (Å²) < 4.78 is 69.1. The van der Waals surface area contributed by atoms with Crippen LogP contribution in [-0.4, -0.2) is 59.7 Å². The minimum atomic E-state index is -4.35. The molecule has 0 radical (unpaired) electrons. The van der Waals surface area contributed by atoms with E-state index in [0.29, 0.717) is 43.7 Å². The highest BCUT2D eigenvalue weighted by Crippen LogP contribution is 2.38. The van der Waals surface area contributed by atoms with Gasteiger partial charge in [0.1, 0.15) is 0 Å². The van der Waals surface area contributed by atoms with Gasteiger partial charge in [-0.05, 0) is 30.5 Å². The number of hydrogen-bond acceptors (Lipinski definition) is 6. The fourth-order valence-electron chi connectivity index (χ4n) is 3.61. The summed E-state index contributed by atoms with van der Waals surface area (Å²) in [7, 11) is -3.42. The van der Waals surface area contributed by atoms with Crippen LogP contribution in [0.15, 0.2) is 28.8 Å². The van der Waals surface area contributed by atoms with E-state index in [1.165, 1.54) is 22.7 Å². The van der Waals surface area contributed by atoms with Crippen molar-refractivity contribution in [2.24, 2.45) is 0 Å². The zero-order valence-corrected chi connectivity index (χ0v) is 17.3. The minimum Gasteiger partial charge on any atom is -0.339 e. The molecule has 2 fully saturated rings. The van der Waals surface area contributed by atoms with E-state index in [1.54, 1.807) is 0 Å². The molecule has 0 bridgehead atoms. The van der Waals surface area contributed by atoms with Gasteiger partial charge in [0, 0.05) is 38.5 Å². The molecule has 1 aliphatic heterocycles. The van der Waals surface area contributed by atoms with E-state index in [-0.39, 0.29) is 12.6 Å². The number of nitrogens with zero attached hydrogens (tertiary/aromatic N) is 4. The zero-order chi connectivity index (χ0) is 21.5. The SMILES string of the molecule is CS(=O)(=O)N(CCc1noc(C2CC2)n1)C1CN(Cc2ccc(C(F)(F)F)cc2)C1. The van der Waals surface area contributed by atoms with Crippen molar-refractivity contribution in [1.82, 2.24) is 19.3 Å². The maximum absolute atomic E-state index is 12.7. The summed E-state index contributed by atoms with van der Waals surface area (Å²) in [6.45, 7) is 1.78. The predicted octanol–water partition coefficient (Wildman–Crippen LogP) is 2.65. The van der Waals surface area contributed by atoms with Crippen LogP contribution in [0.5, 0.6) is 0 Å². The van der Waals surface area contributed by atoms with Crippen LogP contribution < -0.4 is 0 Å². The van der Waals surface area contributed by atoms with Gasteiger partial charge in [-0.15, -0.1) is 0 Å². The number of halogens is 3. The Bertz CT molecular complexity index is 981. The summed E-state index contributed by atoms with van der Waals surface area (Å²) in [4.78, 5) is 6.34. The van der Waals surface area contributed by atoms with Crippen molar-refractivity contribution in [2.45, 2.75) is 43.9 Å². The van der Waals surface area contributed by atoms with E-state index in [4.69, 9.17) is 4.52 Å². The van der Waals surface area contributed by atoms with Crippen molar-refractivity contribution in [3.8, 4) is 0 Å². The molecule has 0 spiro atoms. The Labute approximate surface area is 172 Å². The van der Waals surface area contributed by atoms with Crippen LogP contribution in [0.4, 0.5) is 13.2 Å². The Hall–Kier alpha value is -1.98. The van der Waals surface area contributed by atoms with E-state index >= 15 is 0 Å². The van der Waals surface area contributed by atoms with E-state index in [2.05, 4.69) is 10.1 Å². The number of aromatic nitrogens is 2. The standard InChI is InChI=1S/C19H23F3N4O3S/c1-30(27,28)26(9-8-17-23-18(29-24-17)14-4-5-14)16-11-25(12-16)10-13-2-6-15(7-3-13)19(20,21)22/h2-3,6-7,14,16H,4-5,8-12H2,1H3. The van der Waals surface area contributed by atoms with Gasteiger partial charge in [0.2, 0.25) is 15.9 Å². The molecule has 0 unspecified atom stereocenters. The van der Waals surface area contributed by atoms with Crippen molar-refractivity contribution in [1.29, 1.82) is 0 Å². The lowest BCUT2D eigenvalue weighted by Gasteiger charge is -2.44. The fraction of sp³-hybridized carbons (Fsp3) is 0.579.